The Morgan fingerprint density at radius 3 is 1.17 bits per heavy atom. The Balaban J connectivity index is 1.29. The van der Waals surface area contributed by atoms with Gasteiger partial charge in [0.05, 0.1) is 38.8 Å². The molecule has 0 fully saturated rings. The summed E-state index contributed by atoms with van der Waals surface area (Å²) in [4.78, 5) is 0. The zero-order chi connectivity index (χ0) is 42.2. The molecule has 3 nitrogen and oxygen atoms in total. The molecule has 0 radical (unpaired) electrons. The summed E-state index contributed by atoms with van der Waals surface area (Å²) in [5.41, 5.74) is 10.6. The van der Waals surface area contributed by atoms with Crippen LogP contribution < -0.4 is 20.7 Å². The molecule has 0 saturated carbocycles. The van der Waals surface area contributed by atoms with Gasteiger partial charge in [-0.15, -0.1) is 0 Å². The molecule has 3 aromatic heterocycles. The maximum atomic E-state index is 2.57. The number of nitrogens with zero attached hydrogens (tertiary/aromatic N) is 3. The summed E-state index contributed by atoms with van der Waals surface area (Å²) in [6.07, 6.45) is 0. The Morgan fingerprint density at radius 1 is 0.250 bits per heavy atom. The highest BCUT2D eigenvalue weighted by molar-refractivity contribution is 7.21. The first-order chi connectivity index (χ1) is 31.8. The van der Waals surface area contributed by atoms with Gasteiger partial charge in [0.1, 0.15) is 0 Å². The van der Waals surface area contributed by atoms with Gasteiger partial charge >= 0.3 is 0 Å². The van der Waals surface area contributed by atoms with Crippen molar-refractivity contribution in [3.05, 3.63) is 249 Å². The van der Waals surface area contributed by atoms with Crippen molar-refractivity contribution in [2.45, 2.75) is 0 Å². The SMILES string of the molecule is c1ccc(-n2c3ccccc3c3cccc(-n4c5ccccc5c5c([Si](c6ccccc6)(c6ccccc6)c6ccccc6)c(-n6c7ccccc7c7ccccc76)ccc54)c32)cc1. The van der Waals surface area contributed by atoms with Gasteiger partial charge in [-0.25, -0.2) is 0 Å². The predicted molar refractivity (Wildman–Crippen MR) is 273 cm³/mol. The molecule has 0 bridgehead atoms. The summed E-state index contributed by atoms with van der Waals surface area (Å²) in [6, 6.07) is 92.5. The van der Waals surface area contributed by atoms with E-state index in [1.807, 2.05) is 0 Å². The number of para-hydroxylation sites is 6. The molecule has 0 saturated heterocycles. The summed E-state index contributed by atoms with van der Waals surface area (Å²) < 4.78 is 7.59. The second-order valence-electron chi connectivity index (χ2n) is 16.8. The quantitative estimate of drug-likeness (QED) is 0.112. The van der Waals surface area contributed by atoms with Crippen LogP contribution in [0.25, 0.3) is 82.5 Å². The largest absolute Gasteiger partial charge is 0.309 e. The highest BCUT2D eigenvalue weighted by Crippen LogP contribution is 2.41. The van der Waals surface area contributed by atoms with Gasteiger partial charge in [0.25, 0.3) is 0 Å². The van der Waals surface area contributed by atoms with Crippen molar-refractivity contribution in [1.29, 1.82) is 0 Å². The van der Waals surface area contributed by atoms with Crippen LogP contribution in [0, 0.1) is 0 Å². The molecule has 0 aliphatic heterocycles. The van der Waals surface area contributed by atoms with Crippen LogP contribution in [0.4, 0.5) is 0 Å². The molecule has 0 N–H and O–H groups in total. The maximum Gasteiger partial charge on any atom is 0.182 e. The lowest BCUT2D eigenvalue weighted by Gasteiger charge is -2.37. The van der Waals surface area contributed by atoms with Crippen LogP contribution in [0.2, 0.25) is 0 Å². The minimum absolute atomic E-state index is 1.14. The first-order valence-corrected chi connectivity index (χ1v) is 24.1. The third-order valence-electron chi connectivity index (χ3n) is 13.6. The normalized spacial score (nSPS) is 12.1. The third kappa shape index (κ3) is 5.15. The van der Waals surface area contributed by atoms with Gasteiger partial charge in [-0.3, -0.25) is 0 Å². The van der Waals surface area contributed by atoms with Crippen molar-refractivity contribution in [2.75, 3.05) is 0 Å². The molecule has 4 heteroatoms. The summed E-state index contributed by atoms with van der Waals surface area (Å²) in [5, 5.41) is 12.9. The second-order valence-corrected chi connectivity index (χ2v) is 20.5. The Bertz CT molecular complexity index is 3730. The number of hydrogen-bond donors (Lipinski definition) is 0. The van der Waals surface area contributed by atoms with Crippen LogP contribution in [0.3, 0.4) is 0 Å². The first-order valence-electron chi connectivity index (χ1n) is 22.1. The van der Waals surface area contributed by atoms with Gasteiger partial charge in [0.2, 0.25) is 0 Å². The van der Waals surface area contributed by atoms with E-state index in [1.165, 1.54) is 91.9 Å². The lowest BCUT2D eigenvalue weighted by molar-refractivity contribution is 1.13. The summed E-state index contributed by atoms with van der Waals surface area (Å²) in [6.45, 7) is 0. The van der Waals surface area contributed by atoms with Gasteiger partial charge in [-0.2, -0.15) is 0 Å². The Hall–Kier alpha value is -8.18. The number of aromatic nitrogens is 3. The van der Waals surface area contributed by atoms with Crippen molar-refractivity contribution in [3.8, 4) is 17.1 Å². The molecular weight excluding hydrogens is 791 g/mol. The summed E-state index contributed by atoms with van der Waals surface area (Å²) in [5.74, 6) is 0. The molecule has 0 atom stereocenters. The van der Waals surface area contributed by atoms with Crippen molar-refractivity contribution >= 4 is 94.2 Å². The van der Waals surface area contributed by atoms with Crippen LogP contribution in [0.15, 0.2) is 249 Å². The number of fused-ring (bicyclic) bond motifs is 9. The molecule has 0 unspecified atom stereocenters. The van der Waals surface area contributed by atoms with E-state index >= 15 is 0 Å². The number of rotatable bonds is 7. The molecule has 13 rings (SSSR count). The Kier molecular flexibility index (Phi) is 8.23. The average Bonchev–Trinajstić information content (AvgIpc) is 4.02. The second kappa shape index (κ2) is 14.5. The molecule has 0 aliphatic carbocycles. The topological polar surface area (TPSA) is 14.8 Å². The van der Waals surface area contributed by atoms with E-state index in [9.17, 15) is 0 Å². The predicted octanol–water partition coefficient (Wildman–Crippen LogP) is 12.4. The fourth-order valence-corrected chi connectivity index (χ4v) is 16.2. The van der Waals surface area contributed by atoms with E-state index in [0.717, 1.165) is 11.4 Å². The van der Waals surface area contributed by atoms with Gasteiger partial charge in [0, 0.05) is 43.7 Å². The highest BCUT2D eigenvalue weighted by Gasteiger charge is 2.45. The molecular formula is C60H41N3Si. The van der Waals surface area contributed by atoms with Crippen LogP contribution in [-0.4, -0.2) is 21.8 Å². The number of benzene rings is 10. The average molecular weight is 832 g/mol. The maximum absolute atomic E-state index is 3.23. The van der Waals surface area contributed by atoms with Crippen LogP contribution in [-0.2, 0) is 0 Å². The summed E-state index contributed by atoms with van der Waals surface area (Å²) in [7, 11) is -3.23. The molecule has 3 heterocycles. The van der Waals surface area contributed by atoms with E-state index in [-0.39, 0.29) is 0 Å². The van der Waals surface area contributed by atoms with E-state index in [2.05, 4.69) is 262 Å². The zero-order valence-corrected chi connectivity index (χ0v) is 36.0. The minimum atomic E-state index is -3.23. The number of hydrogen-bond acceptors (Lipinski definition) is 0. The van der Waals surface area contributed by atoms with Crippen molar-refractivity contribution < 1.29 is 0 Å². The fourth-order valence-electron chi connectivity index (χ4n) is 11.1. The van der Waals surface area contributed by atoms with E-state index < -0.39 is 8.07 Å². The van der Waals surface area contributed by atoms with Crippen LogP contribution in [0.5, 0.6) is 0 Å². The fraction of sp³-hybridized carbons (Fsp3) is 0. The lowest BCUT2D eigenvalue weighted by atomic mass is 10.1. The monoisotopic (exact) mass is 831 g/mol. The summed E-state index contributed by atoms with van der Waals surface area (Å²) >= 11 is 0. The van der Waals surface area contributed by atoms with E-state index in [0.29, 0.717) is 0 Å². The molecule has 13 aromatic rings. The van der Waals surface area contributed by atoms with Gasteiger partial charge < -0.3 is 13.7 Å². The van der Waals surface area contributed by atoms with Gasteiger partial charge in [0.15, 0.2) is 8.07 Å². The van der Waals surface area contributed by atoms with Crippen molar-refractivity contribution in [1.82, 2.24) is 13.7 Å². The van der Waals surface area contributed by atoms with Gasteiger partial charge in [-0.1, -0.05) is 194 Å². The highest BCUT2D eigenvalue weighted by atomic mass is 28.3. The van der Waals surface area contributed by atoms with E-state index in [4.69, 9.17) is 0 Å². The standard InChI is InChI=1S/C60H41N3Si/c1-5-22-42(23-6-1)61-51-35-17-15-32-48(51)49-34-21-39-56(59(49)61)63-54-38-20-16-33-50(54)58-55(63)40-41-57(62-52-36-18-13-30-46(52)47-31-14-19-37-53(47)62)60(58)64(43-24-7-2-8-25-43,44-26-9-3-10-27-44)45-28-11-4-12-29-45/h1-41H. The molecule has 64 heavy (non-hydrogen) atoms. The Labute approximate surface area is 372 Å². The van der Waals surface area contributed by atoms with Crippen molar-refractivity contribution in [2.24, 2.45) is 0 Å². The minimum Gasteiger partial charge on any atom is -0.309 e. The smallest absolute Gasteiger partial charge is 0.182 e. The van der Waals surface area contributed by atoms with E-state index in [1.54, 1.807) is 0 Å². The zero-order valence-electron chi connectivity index (χ0n) is 35.0. The van der Waals surface area contributed by atoms with Crippen molar-refractivity contribution in [3.63, 3.8) is 0 Å². The molecule has 0 spiro atoms. The third-order valence-corrected chi connectivity index (χ3v) is 18.4. The first kappa shape index (κ1) is 36.5. The molecule has 0 amide bonds. The van der Waals surface area contributed by atoms with Gasteiger partial charge in [-0.05, 0) is 75.3 Å². The Morgan fingerprint density at radius 2 is 0.641 bits per heavy atom. The molecule has 0 aliphatic rings. The lowest BCUT2D eigenvalue weighted by Crippen LogP contribution is -2.75. The molecule has 300 valence electrons. The molecule has 10 aromatic carbocycles. The van der Waals surface area contributed by atoms with Crippen LogP contribution in [0.1, 0.15) is 0 Å². The van der Waals surface area contributed by atoms with Crippen LogP contribution >= 0.6 is 0 Å².